The first-order valence-electron chi connectivity index (χ1n) is 4.55. The van der Waals surface area contributed by atoms with E-state index in [0.717, 1.165) is 0 Å². The van der Waals surface area contributed by atoms with Crippen molar-refractivity contribution < 1.29 is 18.0 Å². The maximum absolute atomic E-state index is 13.1. The van der Waals surface area contributed by atoms with Gasteiger partial charge >= 0.3 is 0 Å². The minimum absolute atomic E-state index is 0.207. The van der Waals surface area contributed by atoms with Gasteiger partial charge in [0.25, 0.3) is 5.91 Å². The summed E-state index contributed by atoms with van der Waals surface area (Å²) in [4.78, 5) is 11.3. The molecule has 0 saturated heterocycles. The highest BCUT2D eigenvalue weighted by atomic mass is 35.5. The number of alkyl halides is 1. The third-order valence-corrected chi connectivity index (χ3v) is 2.10. The van der Waals surface area contributed by atoms with Gasteiger partial charge in [-0.1, -0.05) is 0 Å². The summed E-state index contributed by atoms with van der Waals surface area (Å²) in [6.07, 6.45) is 0.484. The Hall–Kier alpha value is -1.23. The SMILES string of the molecule is O=C(NCCCCl)c1c(F)cc(F)cc1F. The first-order chi connectivity index (χ1) is 7.56. The van der Waals surface area contributed by atoms with Crippen LogP contribution in [0.5, 0.6) is 0 Å². The van der Waals surface area contributed by atoms with Crippen LogP contribution >= 0.6 is 11.6 Å². The lowest BCUT2D eigenvalue weighted by Crippen LogP contribution is -2.26. The molecule has 0 aromatic heterocycles. The number of hydrogen-bond donors (Lipinski definition) is 1. The number of rotatable bonds is 4. The molecule has 0 fully saturated rings. The molecule has 16 heavy (non-hydrogen) atoms. The molecule has 0 spiro atoms. The Balaban J connectivity index is 2.83. The fraction of sp³-hybridized carbons (Fsp3) is 0.300. The van der Waals surface area contributed by atoms with Gasteiger partial charge in [0.15, 0.2) is 0 Å². The predicted molar refractivity (Wildman–Crippen MR) is 54.0 cm³/mol. The predicted octanol–water partition coefficient (Wildman–Crippen LogP) is 2.46. The molecule has 0 aliphatic heterocycles. The van der Waals surface area contributed by atoms with Gasteiger partial charge in [0.2, 0.25) is 0 Å². The van der Waals surface area contributed by atoms with E-state index in [4.69, 9.17) is 11.6 Å². The van der Waals surface area contributed by atoms with Gasteiger partial charge in [0.05, 0.1) is 0 Å². The summed E-state index contributed by atoms with van der Waals surface area (Å²) in [6, 6.07) is 0.916. The van der Waals surface area contributed by atoms with Crippen molar-refractivity contribution in [2.24, 2.45) is 0 Å². The van der Waals surface area contributed by atoms with Gasteiger partial charge < -0.3 is 5.32 Å². The van der Waals surface area contributed by atoms with Gasteiger partial charge in [-0.15, -0.1) is 11.6 Å². The summed E-state index contributed by atoms with van der Waals surface area (Å²) >= 11 is 5.37. The Bertz CT molecular complexity index is 375. The van der Waals surface area contributed by atoms with Crippen molar-refractivity contribution in [2.75, 3.05) is 12.4 Å². The van der Waals surface area contributed by atoms with Gasteiger partial charge in [-0.25, -0.2) is 13.2 Å². The van der Waals surface area contributed by atoms with Gasteiger partial charge in [-0.2, -0.15) is 0 Å². The van der Waals surface area contributed by atoms with E-state index in [2.05, 4.69) is 5.32 Å². The van der Waals surface area contributed by atoms with E-state index in [-0.39, 0.29) is 6.54 Å². The summed E-state index contributed by atoms with van der Waals surface area (Å²) in [5.41, 5.74) is -0.782. The lowest BCUT2D eigenvalue weighted by Gasteiger charge is -2.06. The molecule has 0 bridgehead atoms. The fourth-order valence-corrected chi connectivity index (χ4v) is 1.25. The molecule has 1 aromatic rings. The number of amides is 1. The molecule has 0 aliphatic carbocycles. The first-order valence-corrected chi connectivity index (χ1v) is 5.08. The second kappa shape index (κ2) is 5.75. The van der Waals surface area contributed by atoms with Crippen LogP contribution in [-0.4, -0.2) is 18.3 Å². The third kappa shape index (κ3) is 3.13. The molecular weight excluding hydrogens is 243 g/mol. The zero-order valence-corrected chi connectivity index (χ0v) is 8.95. The van der Waals surface area contributed by atoms with Crippen LogP contribution < -0.4 is 5.32 Å². The van der Waals surface area contributed by atoms with Crippen LogP contribution in [0.2, 0.25) is 0 Å². The first kappa shape index (κ1) is 12.8. The average Bonchev–Trinajstić information content (AvgIpc) is 2.16. The average molecular weight is 252 g/mol. The molecule has 1 N–H and O–H groups in total. The van der Waals surface area contributed by atoms with E-state index in [1.165, 1.54) is 0 Å². The number of nitrogens with one attached hydrogen (secondary N) is 1. The van der Waals surface area contributed by atoms with E-state index in [0.29, 0.717) is 24.4 Å². The molecule has 2 nitrogen and oxygen atoms in total. The molecule has 0 atom stereocenters. The molecule has 1 rings (SSSR count). The molecule has 1 aromatic carbocycles. The van der Waals surface area contributed by atoms with Gasteiger partial charge in [-0.05, 0) is 6.42 Å². The molecule has 0 radical (unpaired) electrons. The van der Waals surface area contributed by atoms with E-state index < -0.39 is 28.9 Å². The van der Waals surface area contributed by atoms with Gasteiger partial charge in [0.1, 0.15) is 23.0 Å². The standard InChI is InChI=1S/C10H9ClF3NO/c11-2-1-3-15-10(16)9-7(13)4-6(12)5-8(9)14/h4-5H,1-3H2,(H,15,16). The van der Waals surface area contributed by atoms with Crippen LogP contribution in [0.3, 0.4) is 0 Å². The number of halogens is 4. The second-order valence-corrected chi connectivity index (χ2v) is 3.42. The quantitative estimate of drug-likeness (QED) is 0.646. The summed E-state index contributed by atoms with van der Waals surface area (Å²) in [7, 11) is 0. The lowest BCUT2D eigenvalue weighted by molar-refractivity contribution is 0.0945. The molecule has 0 aliphatic rings. The van der Waals surface area contributed by atoms with Gasteiger partial charge in [-0.3, -0.25) is 4.79 Å². The van der Waals surface area contributed by atoms with Crippen molar-refractivity contribution in [3.8, 4) is 0 Å². The molecule has 6 heteroatoms. The number of carbonyl (C=O) groups excluding carboxylic acids is 1. The van der Waals surface area contributed by atoms with Crippen LogP contribution in [0.4, 0.5) is 13.2 Å². The normalized spacial score (nSPS) is 10.2. The Morgan fingerprint density at radius 1 is 1.25 bits per heavy atom. The minimum Gasteiger partial charge on any atom is -0.352 e. The molecule has 0 saturated carbocycles. The Kier molecular flexibility index (Phi) is 4.61. The number of benzene rings is 1. The summed E-state index contributed by atoms with van der Waals surface area (Å²) in [5.74, 6) is -4.09. The van der Waals surface area contributed by atoms with Crippen molar-refractivity contribution in [3.63, 3.8) is 0 Å². The number of hydrogen-bond acceptors (Lipinski definition) is 1. The fourth-order valence-electron chi connectivity index (χ4n) is 1.12. The summed E-state index contributed by atoms with van der Waals surface area (Å²) in [5, 5.41) is 2.28. The van der Waals surface area contributed by atoms with Crippen molar-refractivity contribution in [2.45, 2.75) is 6.42 Å². The van der Waals surface area contributed by atoms with Crippen molar-refractivity contribution >= 4 is 17.5 Å². The Morgan fingerprint density at radius 3 is 2.31 bits per heavy atom. The number of carbonyl (C=O) groups is 1. The van der Waals surface area contributed by atoms with Crippen LogP contribution in [0.25, 0.3) is 0 Å². The van der Waals surface area contributed by atoms with E-state index in [1.807, 2.05) is 0 Å². The van der Waals surface area contributed by atoms with E-state index >= 15 is 0 Å². The highest BCUT2D eigenvalue weighted by molar-refractivity contribution is 6.17. The van der Waals surface area contributed by atoms with Crippen LogP contribution in [0.1, 0.15) is 16.8 Å². The highest BCUT2D eigenvalue weighted by Gasteiger charge is 2.18. The minimum atomic E-state index is -1.22. The zero-order valence-electron chi connectivity index (χ0n) is 8.20. The van der Waals surface area contributed by atoms with Crippen LogP contribution in [-0.2, 0) is 0 Å². The zero-order chi connectivity index (χ0) is 12.1. The van der Waals surface area contributed by atoms with Crippen molar-refractivity contribution in [3.05, 3.63) is 35.1 Å². The molecule has 1 amide bonds. The van der Waals surface area contributed by atoms with Crippen LogP contribution in [0.15, 0.2) is 12.1 Å². The second-order valence-electron chi connectivity index (χ2n) is 3.04. The smallest absolute Gasteiger partial charge is 0.257 e. The maximum Gasteiger partial charge on any atom is 0.257 e. The lowest BCUT2D eigenvalue weighted by atomic mass is 10.2. The van der Waals surface area contributed by atoms with Crippen molar-refractivity contribution in [1.82, 2.24) is 5.32 Å². The van der Waals surface area contributed by atoms with E-state index in [1.54, 1.807) is 0 Å². The largest absolute Gasteiger partial charge is 0.352 e. The van der Waals surface area contributed by atoms with Gasteiger partial charge in [0, 0.05) is 24.6 Å². The molecule has 0 heterocycles. The monoisotopic (exact) mass is 251 g/mol. The maximum atomic E-state index is 13.1. The Labute approximate surface area is 95.4 Å². The molecular formula is C10H9ClF3NO. The molecule has 0 unspecified atom stereocenters. The highest BCUT2D eigenvalue weighted by Crippen LogP contribution is 2.14. The topological polar surface area (TPSA) is 29.1 Å². The molecule has 88 valence electrons. The summed E-state index contributed by atoms with van der Waals surface area (Å²) < 4.78 is 38.8. The van der Waals surface area contributed by atoms with Crippen LogP contribution in [0, 0.1) is 17.5 Å². The van der Waals surface area contributed by atoms with E-state index in [9.17, 15) is 18.0 Å². The Morgan fingerprint density at radius 2 is 1.81 bits per heavy atom. The third-order valence-electron chi connectivity index (χ3n) is 1.83. The van der Waals surface area contributed by atoms with Crippen molar-refractivity contribution in [1.29, 1.82) is 0 Å². The summed E-state index contributed by atoms with van der Waals surface area (Å²) in [6.45, 7) is 0.207.